The molecule has 5 nitrogen and oxygen atoms in total. The van der Waals surface area contributed by atoms with Crippen LogP contribution in [-0.4, -0.2) is 16.2 Å². The summed E-state index contributed by atoms with van der Waals surface area (Å²) in [4.78, 5) is 23.7. The molecule has 6 heteroatoms. The van der Waals surface area contributed by atoms with Gasteiger partial charge in [-0.15, -0.1) is 0 Å². The number of hydrogen-bond acceptors (Lipinski definition) is 3. The maximum absolute atomic E-state index is 12.0. The summed E-state index contributed by atoms with van der Waals surface area (Å²) in [7, 11) is 3.10. The summed E-state index contributed by atoms with van der Waals surface area (Å²) in [5.41, 5.74) is -0.0143. The molecule has 2 aromatic rings. The van der Waals surface area contributed by atoms with Gasteiger partial charge in [-0.2, -0.15) is 0 Å². The first kappa shape index (κ1) is 13.4. The van der Waals surface area contributed by atoms with Crippen LogP contribution < -0.4 is 16.0 Å². The third-order valence-electron chi connectivity index (χ3n) is 2.85. The summed E-state index contributed by atoms with van der Waals surface area (Å²) >= 11 is 5.77. The van der Waals surface area contributed by atoms with Crippen molar-refractivity contribution in [2.24, 2.45) is 7.05 Å². The van der Waals surface area contributed by atoms with E-state index in [2.05, 4.69) is 0 Å². The Morgan fingerprint density at radius 2 is 1.84 bits per heavy atom. The second-order valence-corrected chi connectivity index (χ2v) is 4.47. The molecule has 0 aliphatic heterocycles. The van der Waals surface area contributed by atoms with Crippen molar-refractivity contribution < 1.29 is 4.74 Å². The predicted octanol–water partition coefficient (Wildman–Crippen LogP) is 1.26. The van der Waals surface area contributed by atoms with E-state index in [1.165, 1.54) is 17.7 Å². The van der Waals surface area contributed by atoms with E-state index in [0.717, 1.165) is 15.9 Å². The SMILES string of the molecule is COc1ccc(Cn2c(=O)cc(Cl)n(C)c2=O)cc1. The van der Waals surface area contributed by atoms with Crippen molar-refractivity contribution in [3.05, 3.63) is 61.9 Å². The number of nitrogens with zero attached hydrogens (tertiary/aromatic N) is 2. The highest BCUT2D eigenvalue weighted by molar-refractivity contribution is 6.29. The summed E-state index contributed by atoms with van der Waals surface area (Å²) in [6.45, 7) is 0.201. The normalized spacial score (nSPS) is 10.5. The standard InChI is InChI=1S/C13H13ClN2O3/c1-15-11(14)7-12(17)16(13(15)18)8-9-3-5-10(19-2)6-4-9/h3-7H,8H2,1-2H3. The molecule has 0 bridgehead atoms. The second kappa shape index (κ2) is 5.32. The second-order valence-electron chi connectivity index (χ2n) is 4.08. The lowest BCUT2D eigenvalue weighted by Gasteiger charge is -2.08. The van der Waals surface area contributed by atoms with Crippen molar-refractivity contribution in [1.29, 1.82) is 0 Å². The minimum Gasteiger partial charge on any atom is -0.497 e. The van der Waals surface area contributed by atoms with E-state index < -0.39 is 11.2 Å². The molecule has 1 aromatic carbocycles. The van der Waals surface area contributed by atoms with Gasteiger partial charge in [0.05, 0.1) is 13.7 Å². The van der Waals surface area contributed by atoms with Crippen LogP contribution in [0.4, 0.5) is 0 Å². The Hall–Kier alpha value is -2.01. The van der Waals surface area contributed by atoms with Crippen LogP contribution in [0, 0.1) is 0 Å². The van der Waals surface area contributed by atoms with Crippen LogP contribution >= 0.6 is 11.6 Å². The van der Waals surface area contributed by atoms with Crippen molar-refractivity contribution in [3.63, 3.8) is 0 Å². The summed E-state index contributed by atoms with van der Waals surface area (Å²) in [5.74, 6) is 0.722. The number of ether oxygens (including phenoxy) is 1. The number of rotatable bonds is 3. The Labute approximate surface area is 114 Å². The first-order chi connectivity index (χ1) is 9.02. The highest BCUT2D eigenvalue weighted by Gasteiger charge is 2.07. The van der Waals surface area contributed by atoms with Crippen molar-refractivity contribution in [1.82, 2.24) is 9.13 Å². The van der Waals surface area contributed by atoms with E-state index in [9.17, 15) is 9.59 Å². The predicted molar refractivity (Wildman–Crippen MR) is 73.0 cm³/mol. The highest BCUT2D eigenvalue weighted by atomic mass is 35.5. The lowest BCUT2D eigenvalue weighted by molar-refractivity contribution is 0.414. The average molecular weight is 281 g/mol. The first-order valence-corrected chi connectivity index (χ1v) is 6.00. The third kappa shape index (κ3) is 2.71. The molecule has 0 fully saturated rings. The van der Waals surface area contributed by atoms with Gasteiger partial charge in [0.1, 0.15) is 10.9 Å². The van der Waals surface area contributed by atoms with Crippen LogP contribution in [0.5, 0.6) is 5.75 Å². The fourth-order valence-electron chi connectivity index (χ4n) is 1.70. The van der Waals surface area contributed by atoms with Gasteiger partial charge in [-0.25, -0.2) is 4.79 Å². The van der Waals surface area contributed by atoms with Gasteiger partial charge in [-0.3, -0.25) is 13.9 Å². The molecule has 0 aliphatic carbocycles. The Morgan fingerprint density at radius 3 is 2.42 bits per heavy atom. The molecule has 0 N–H and O–H groups in total. The molecule has 100 valence electrons. The number of hydrogen-bond donors (Lipinski definition) is 0. The summed E-state index contributed by atoms with van der Waals surface area (Å²) in [6, 6.07) is 8.40. The van der Waals surface area contributed by atoms with Gasteiger partial charge >= 0.3 is 5.69 Å². The van der Waals surface area contributed by atoms with E-state index in [4.69, 9.17) is 16.3 Å². The average Bonchev–Trinajstić information content (AvgIpc) is 2.42. The molecule has 2 rings (SSSR count). The first-order valence-electron chi connectivity index (χ1n) is 5.62. The lowest BCUT2D eigenvalue weighted by atomic mass is 10.2. The van der Waals surface area contributed by atoms with Gasteiger partial charge in [-0.1, -0.05) is 23.7 Å². The minimum atomic E-state index is -0.437. The summed E-state index contributed by atoms with van der Waals surface area (Å²) in [5, 5.41) is 0.126. The number of methoxy groups -OCH3 is 1. The molecule has 0 radical (unpaired) electrons. The molecular formula is C13H13ClN2O3. The monoisotopic (exact) mass is 280 g/mol. The van der Waals surface area contributed by atoms with Gasteiger partial charge in [0.2, 0.25) is 0 Å². The fraction of sp³-hybridized carbons (Fsp3) is 0.231. The molecule has 1 aromatic heterocycles. The van der Waals surface area contributed by atoms with E-state index in [-0.39, 0.29) is 11.7 Å². The Morgan fingerprint density at radius 1 is 1.21 bits per heavy atom. The zero-order valence-electron chi connectivity index (χ0n) is 10.6. The van der Waals surface area contributed by atoms with Crippen LogP contribution in [0.3, 0.4) is 0 Å². The maximum atomic E-state index is 12.0. The van der Waals surface area contributed by atoms with Crippen molar-refractivity contribution in [2.45, 2.75) is 6.54 Å². The number of halogens is 1. The van der Waals surface area contributed by atoms with Gasteiger partial charge in [0.25, 0.3) is 5.56 Å². The van der Waals surface area contributed by atoms with E-state index >= 15 is 0 Å². The van der Waals surface area contributed by atoms with E-state index in [1.807, 2.05) is 0 Å². The molecular weight excluding hydrogens is 268 g/mol. The quantitative estimate of drug-likeness (QED) is 0.796. The van der Waals surface area contributed by atoms with Gasteiger partial charge in [0, 0.05) is 13.1 Å². The van der Waals surface area contributed by atoms with E-state index in [0.29, 0.717) is 0 Å². The molecule has 1 heterocycles. The van der Waals surface area contributed by atoms with Crippen molar-refractivity contribution in [3.8, 4) is 5.75 Å². The van der Waals surface area contributed by atoms with Crippen LogP contribution in [0.2, 0.25) is 5.15 Å². The van der Waals surface area contributed by atoms with Gasteiger partial charge < -0.3 is 4.74 Å². The number of benzene rings is 1. The maximum Gasteiger partial charge on any atom is 0.332 e. The zero-order valence-corrected chi connectivity index (χ0v) is 11.3. The van der Waals surface area contributed by atoms with Crippen LogP contribution in [0.15, 0.2) is 39.9 Å². The highest BCUT2D eigenvalue weighted by Crippen LogP contribution is 2.11. The topological polar surface area (TPSA) is 53.2 Å². The smallest absolute Gasteiger partial charge is 0.332 e. The summed E-state index contributed by atoms with van der Waals surface area (Å²) in [6.07, 6.45) is 0. The molecule has 0 unspecified atom stereocenters. The molecule has 0 amide bonds. The molecule has 0 saturated heterocycles. The van der Waals surface area contributed by atoms with Crippen LogP contribution in [-0.2, 0) is 13.6 Å². The molecule has 0 aliphatic rings. The Balaban J connectivity index is 2.41. The minimum absolute atomic E-state index is 0.126. The third-order valence-corrected chi connectivity index (χ3v) is 3.21. The number of aromatic nitrogens is 2. The fourth-order valence-corrected chi connectivity index (χ4v) is 1.87. The van der Waals surface area contributed by atoms with Gasteiger partial charge in [-0.05, 0) is 17.7 Å². The van der Waals surface area contributed by atoms with Crippen LogP contribution in [0.1, 0.15) is 5.56 Å². The van der Waals surface area contributed by atoms with Gasteiger partial charge in [0.15, 0.2) is 0 Å². The zero-order chi connectivity index (χ0) is 14.0. The molecule has 0 atom stereocenters. The molecule has 19 heavy (non-hydrogen) atoms. The molecule has 0 spiro atoms. The Kier molecular flexibility index (Phi) is 3.76. The van der Waals surface area contributed by atoms with Crippen molar-refractivity contribution >= 4 is 11.6 Å². The lowest BCUT2D eigenvalue weighted by Crippen LogP contribution is -2.38. The Bertz CT molecular complexity index is 701. The van der Waals surface area contributed by atoms with Crippen LogP contribution in [0.25, 0.3) is 0 Å². The van der Waals surface area contributed by atoms with Crippen molar-refractivity contribution in [2.75, 3.05) is 7.11 Å². The largest absolute Gasteiger partial charge is 0.497 e. The summed E-state index contributed by atoms with van der Waals surface area (Å²) < 4.78 is 7.41. The van der Waals surface area contributed by atoms with E-state index in [1.54, 1.807) is 31.4 Å². The molecule has 0 saturated carbocycles.